The van der Waals surface area contributed by atoms with Gasteiger partial charge in [-0.1, -0.05) is 49.6 Å². The van der Waals surface area contributed by atoms with Crippen LogP contribution in [0.2, 0.25) is 0 Å². The fraction of sp³-hybridized carbons (Fsp3) is 0.529. The molecule has 4 nitrogen and oxygen atoms in total. The number of hydrogen-bond donors (Lipinski definition) is 1. The molecule has 0 bridgehead atoms. The second-order valence-electron chi connectivity index (χ2n) is 5.93. The molecule has 1 saturated carbocycles. The summed E-state index contributed by atoms with van der Waals surface area (Å²) in [6, 6.07) is 8.35. The van der Waals surface area contributed by atoms with Crippen LogP contribution in [-0.4, -0.2) is 27.8 Å². The Morgan fingerprint density at radius 2 is 2.00 bits per heavy atom. The van der Waals surface area contributed by atoms with Crippen molar-refractivity contribution in [3.8, 4) is 0 Å². The van der Waals surface area contributed by atoms with Crippen molar-refractivity contribution < 1.29 is 4.79 Å². The summed E-state index contributed by atoms with van der Waals surface area (Å²) >= 11 is 1.58. The molecule has 1 N–H and O–H groups in total. The minimum Gasteiger partial charge on any atom is -0.352 e. The lowest BCUT2D eigenvalue weighted by Gasteiger charge is -2.17. The van der Waals surface area contributed by atoms with E-state index >= 15 is 0 Å². The summed E-state index contributed by atoms with van der Waals surface area (Å²) in [5, 5.41) is 4.12. The highest BCUT2D eigenvalue weighted by Gasteiger charge is 2.17. The Hall–Kier alpha value is -1.49. The molecule has 0 unspecified atom stereocenters. The Morgan fingerprint density at radius 3 is 2.73 bits per heavy atom. The van der Waals surface area contributed by atoms with Gasteiger partial charge in [-0.25, -0.2) is 4.98 Å². The van der Waals surface area contributed by atoms with Gasteiger partial charge in [-0.2, -0.15) is 0 Å². The molecule has 1 fully saturated rings. The molecule has 1 aliphatic rings. The molecule has 1 heterocycles. The van der Waals surface area contributed by atoms with Crippen LogP contribution in [-0.2, 0) is 11.3 Å². The third-order valence-electron chi connectivity index (χ3n) is 4.32. The zero-order valence-corrected chi connectivity index (χ0v) is 13.9. The van der Waals surface area contributed by atoms with E-state index in [1.54, 1.807) is 11.8 Å². The minimum atomic E-state index is 0.102. The first-order chi connectivity index (χ1) is 10.8. The highest BCUT2D eigenvalue weighted by molar-refractivity contribution is 7.98. The fourth-order valence-corrected chi connectivity index (χ4v) is 3.78. The van der Waals surface area contributed by atoms with Crippen molar-refractivity contribution in [2.45, 2.75) is 56.3 Å². The monoisotopic (exact) mass is 317 g/mol. The quantitative estimate of drug-likeness (QED) is 0.692. The van der Waals surface area contributed by atoms with Crippen molar-refractivity contribution in [2.24, 2.45) is 0 Å². The Balaban J connectivity index is 1.73. The average molecular weight is 317 g/mol. The Kier molecular flexibility index (Phi) is 5.03. The molecule has 0 atom stereocenters. The van der Waals surface area contributed by atoms with Gasteiger partial charge in [0.05, 0.1) is 11.0 Å². The third kappa shape index (κ3) is 3.46. The van der Waals surface area contributed by atoms with E-state index in [2.05, 4.69) is 10.3 Å². The molecule has 1 aromatic carbocycles. The van der Waals surface area contributed by atoms with Gasteiger partial charge in [0, 0.05) is 6.04 Å². The molecule has 1 aliphatic carbocycles. The highest BCUT2D eigenvalue weighted by Crippen LogP contribution is 2.22. The number of fused-ring (bicyclic) bond motifs is 1. The number of benzene rings is 1. The molecular weight excluding hydrogens is 294 g/mol. The lowest BCUT2D eigenvalue weighted by Crippen LogP contribution is -2.36. The first-order valence-electron chi connectivity index (χ1n) is 8.06. The molecule has 0 radical (unpaired) electrons. The predicted molar refractivity (Wildman–Crippen MR) is 91.1 cm³/mol. The van der Waals surface area contributed by atoms with Crippen LogP contribution in [0.15, 0.2) is 29.4 Å². The smallest absolute Gasteiger partial charge is 0.240 e. The van der Waals surface area contributed by atoms with E-state index in [1.807, 2.05) is 35.1 Å². The fourth-order valence-electron chi connectivity index (χ4n) is 3.20. The van der Waals surface area contributed by atoms with Crippen LogP contribution in [0.3, 0.4) is 0 Å². The van der Waals surface area contributed by atoms with Crippen LogP contribution in [0.5, 0.6) is 0 Å². The maximum atomic E-state index is 12.4. The second kappa shape index (κ2) is 7.18. The maximum Gasteiger partial charge on any atom is 0.240 e. The maximum absolute atomic E-state index is 12.4. The number of para-hydroxylation sites is 2. The lowest BCUT2D eigenvalue weighted by molar-refractivity contribution is -0.122. The van der Waals surface area contributed by atoms with Gasteiger partial charge in [0.1, 0.15) is 6.54 Å². The number of rotatable bonds is 4. The number of nitrogens with one attached hydrogen (secondary N) is 1. The van der Waals surface area contributed by atoms with E-state index in [0.717, 1.165) is 29.0 Å². The number of thioether (sulfide) groups is 1. The Bertz CT molecular complexity index is 644. The lowest BCUT2D eigenvalue weighted by atomic mass is 10.1. The molecule has 3 rings (SSSR count). The number of imidazole rings is 1. The summed E-state index contributed by atoms with van der Waals surface area (Å²) < 4.78 is 2.02. The van der Waals surface area contributed by atoms with Crippen LogP contribution in [0.1, 0.15) is 38.5 Å². The molecule has 5 heteroatoms. The molecular formula is C17H23N3OS. The number of carbonyl (C=O) groups excluding carboxylic acids is 1. The normalized spacial score (nSPS) is 16.6. The summed E-state index contributed by atoms with van der Waals surface area (Å²) in [5.41, 5.74) is 1.98. The van der Waals surface area contributed by atoms with Crippen LogP contribution in [0.25, 0.3) is 11.0 Å². The molecule has 2 aromatic rings. The SMILES string of the molecule is CSc1nc2ccccc2n1CC(=O)NC1CCCCCC1. The molecule has 22 heavy (non-hydrogen) atoms. The summed E-state index contributed by atoms with van der Waals surface area (Å²) in [6.07, 6.45) is 9.30. The number of hydrogen-bond acceptors (Lipinski definition) is 3. The summed E-state index contributed by atoms with van der Waals surface area (Å²) in [5.74, 6) is 0.102. The van der Waals surface area contributed by atoms with Gasteiger partial charge in [0.15, 0.2) is 5.16 Å². The topological polar surface area (TPSA) is 46.9 Å². The van der Waals surface area contributed by atoms with Crippen molar-refractivity contribution in [2.75, 3.05) is 6.26 Å². The van der Waals surface area contributed by atoms with Gasteiger partial charge in [0.25, 0.3) is 0 Å². The van der Waals surface area contributed by atoms with Crippen molar-refractivity contribution in [1.82, 2.24) is 14.9 Å². The second-order valence-corrected chi connectivity index (χ2v) is 6.70. The van der Waals surface area contributed by atoms with Crippen molar-refractivity contribution >= 4 is 28.7 Å². The van der Waals surface area contributed by atoms with E-state index in [9.17, 15) is 4.79 Å². The number of carbonyl (C=O) groups is 1. The van der Waals surface area contributed by atoms with Crippen molar-refractivity contribution in [3.63, 3.8) is 0 Å². The van der Waals surface area contributed by atoms with Crippen LogP contribution >= 0.6 is 11.8 Å². The zero-order valence-electron chi connectivity index (χ0n) is 13.0. The first kappa shape index (κ1) is 15.4. The molecule has 0 saturated heterocycles. The van der Waals surface area contributed by atoms with Gasteiger partial charge < -0.3 is 9.88 Å². The number of nitrogens with zero attached hydrogens (tertiary/aromatic N) is 2. The van der Waals surface area contributed by atoms with Gasteiger partial charge in [-0.3, -0.25) is 4.79 Å². The van der Waals surface area contributed by atoms with E-state index in [1.165, 1.54) is 25.7 Å². The zero-order chi connectivity index (χ0) is 15.4. The van der Waals surface area contributed by atoms with E-state index < -0.39 is 0 Å². The molecule has 1 aromatic heterocycles. The number of aromatic nitrogens is 2. The average Bonchev–Trinajstić information content (AvgIpc) is 2.69. The molecule has 1 amide bonds. The number of amides is 1. The van der Waals surface area contributed by atoms with E-state index in [4.69, 9.17) is 0 Å². The van der Waals surface area contributed by atoms with E-state index in [0.29, 0.717) is 12.6 Å². The molecule has 0 spiro atoms. The van der Waals surface area contributed by atoms with Crippen molar-refractivity contribution in [1.29, 1.82) is 0 Å². The Labute approximate surface area is 135 Å². The van der Waals surface area contributed by atoms with Crippen LogP contribution in [0.4, 0.5) is 0 Å². The minimum absolute atomic E-state index is 0.102. The summed E-state index contributed by atoms with van der Waals surface area (Å²) in [7, 11) is 0. The van der Waals surface area contributed by atoms with Crippen molar-refractivity contribution in [3.05, 3.63) is 24.3 Å². The van der Waals surface area contributed by atoms with Gasteiger partial charge in [-0.05, 0) is 31.2 Å². The third-order valence-corrected chi connectivity index (χ3v) is 5.00. The molecule has 0 aliphatic heterocycles. The molecule has 118 valence electrons. The first-order valence-corrected chi connectivity index (χ1v) is 9.29. The summed E-state index contributed by atoms with van der Waals surface area (Å²) in [6.45, 7) is 0.354. The van der Waals surface area contributed by atoms with Crippen LogP contribution in [0, 0.1) is 0 Å². The standard InChI is InChI=1S/C17H23N3OS/c1-22-17-19-14-10-6-7-11-15(14)20(17)12-16(21)18-13-8-4-2-3-5-9-13/h6-7,10-11,13H,2-5,8-9,12H2,1H3,(H,18,21). The highest BCUT2D eigenvalue weighted by atomic mass is 32.2. The van der Waals surface area contributed by atoms with Gasteiger partial charge in [-0.15, -0.1) is 0 Å². The summed E-state index contributed by atoms with van der Waals surface area (Å²) in [4.78, 5) is 17.0. The Morgan fingerprint density at radius 1 is 1.27 bits per heavy atom. The van der Waals surface area contributed by atoms with Gasteiger partial charge in [0.2, 0.25) is 5.91 Å². The predicted octanol–water partition coefficient (Wildman–Crippen LogP) is 3.60. The largest absolute Gasteiger partial charge is 0.352 e. The van der Waals surface area contributed by atoms with E-state index in [-0.39, 0.29) is 5.91 Å². The van der Waals surface area contributed by atoms with Gasteiger partial charge >= 0.3 is 0 Å². The van der Waals surface area contributed by atoms with Crippen LogP contribution < -0.4 is 5.32 Å².